The molecule has 0 unspecified atom stereocenters. The second-order valence-electron chi connectivity index (χ2n) is 6.61. The molecule has 1 aromatic heterocycles. The average molecular weight is 326 g/mol. The molecule has 1 aliphatic rings. The van der Waals surface area contributed by atoms with Crippen LogP contribution in [0.4, 0.5) is 5.82 Å². The number of aliphatic hydroxyl groups is 1. The summed E-state index contributed by atoms with van der Waals surface area (Å²) < 4.78 is 0. The first kappa shape index (κ1) is 16.9. The zero-order valence-electron chi connectivity index (χ0n) is 14.3. The summed E-state index contributed by atoms with van der Waals surface area (Å²) in [6, 6.07) is 9.93. The fraction of sp³-hybridized carbons (Fsp3) is 0.474. The van der Waals surface area contributed by atoms with E-state index in [-0.39, 0.29) is 0 Å². The van der Waals surface area contributed by atoms with Crippen molar-refractivity contribution in [1.29, 1.82) is 0 Å². The quantitative estimate of drug-likeness (QED) is 0.883. The van der Waals surface area contributed by atoms with Crippen LogP contribution in [-0.4, -0.2) is 53.2 Å². The molecular formula is C19H26N4O. The summed E-state index contributed by atoms with van der Waals surface area (Å²) in [7, 11) is 2.08. The lowest BCUT2D eigenvalue weighted by molar-refractivity contribution is 0.0902. The van der Waals surface area contributed by atoms with Gasteiger partial charge in [0.1, 0.15) is 5.82 Å². The van der Waals surface area contributed by atoms with Gasteiger partial charge in [-0.05, 0) is 37.4 Å². The van der Waals surface area contributed by atoms with Gasteiger partial charge in [-0.2, -0.15) is 0 Å². The number of β-amino-alcohol motifs (C(OH)–C–C–N with tert-alkyl or cyclic N) is 1. The van der Waals surface area contributed by atoms with Gasteiger partial charge in [0.15, 0.2) is 0 Å². The number of aliphatic hydroxyl groups excluding tert-OH is 1. The third kappa shape index (κ3) is 4.52. The van der Waals surface area contributed by atoms with Crippen LogP contribution in [0.25, 0.3) is 0 Å². The van der Waals surface area contributed by atoms with Crippen LogP contribution in [-0.2, 0) is 0 Å². The highest BCUT2D eigenvalue weighted by Gasteiger charge is 2.22. The summed E-state index contributed by atoms with van der Waals surface area (Å²) in [5.74, 6) is 1.60. The van der Waals surface area contributed by atoms with Crippen molar-refractivity contribution in [2.24, 2.45) is 5.92 Å². The SMILES string of the molecule is CN(CC1CCN(C[C@H](O)c2ccccc2)CC1)c1cnccn1. The Morgan fingerprint density at radius 1 is 1.21 bits per heavy atom. The third-order valence-corrected chi connectivity index (χ3v) is 4.80. The van der Waals surface area contributed by atoms with Gasteiger partial charge in [-0.15, -0.1) is 0 Å². The number of anilines is 1. The van der Waals surface area contributed by atoms with Crippen LogP contribution >= 0.6 is 0 Å². The molecule has 1 fully saturated rings. The summed E-state index contributed by atoms with van der Waals surface area (Å²) in [4.78, 5) is 13.0. The summed E-state index contributed by atoms with van der Waals surface area (Å²) in [5, 5.41) is 10.4. The van der Waals surface area contributed by atoms with Gasteiger partial charge in [-0.1, -0.05) is 30.3 Å². The van der Waals surface area contributed by atoms with Crippen molar-refractivity contribution < 1.29 is 5.11 Å². The van der Waals surface area contributed by atoms with Gasteiger partial charge >= 0.3 is 0 Å². The van der Waals surface area contributed by atoms with E-state index in [1.165, 1.54) is 0 Å². The third-order valence-electron chi connectivity index (χ3n) is 4.80. The van der Waals surface area contributed by atoms with Crippen molar-refractivity contribution >= 4 is 5.82 Å². The van der Waals surface area contributed by atoms with Crippen molar-refractivity contribution in [3.05, 3.63) is 54.5 Å². The number of benzene rings is 1. The van der Waals surface area contributed by atoms with E-state index < -0.39 is 6.10 Å². The van der Waals surface area contributed by atoms with Gasteiger partial charge in [-0.25, -0.2) is 4.98 Å². The molecule has 24 heavy (non-hydrogen) atoms. The lowest BCUT2D eigenvalue weighted by Crippen LogP contribution is -2.39. The lowest BCUT2D eigenvalue weighted by Gasteiger charge is -2.35. The van der Waals surface area contributed by atoms with E-state index in [9.17, 15) is 5.11 Å². The maximum atomic E-state index is 10.4. The van der Waals surface area contributed by atoms with Gasteiger partial charge in [0.25, 0.3) is 0 Å². The van der Waals surface area contributed by atoms with Crippen LogP contribution in [0.3, 0.4) is 0 Å². The van der Waals surface area contributed by atoms with Gasteiger partial charge in [0, 0.05) is 32.5 Å². The Morgan fingerprint density at radius 3 is 2.62 bits per heavy atom. The van der Waals surface area contributed by atoms with Gasteiger partial charge in [0.05, 0.1) is 12.3 Å². The predicted molar refractivity (Wildman–Crippen MR) is 95.9 cm³/mol. The van der Waals surface area contributed by atoms with Crippen molar-refractivity contribution in [2.45, 2.75) is 18.9 Å². The van der Waals surface area contributed by atoms with Gasteiger partial charge in [-0.3, -0.25) is 4.98 Å². The van der Waals surface area contributed by atoms with E-state index in [1.54, 1.807) is 12.4 Å². The number of hydrogen-bond donors (Lipinski definition) is 1. The molecule has 1 saturated heterocycles. The summed E-state index contributed by atoms with van der Waals surface area (Å²) in [6.07, 6.45) is 7.17. The standard InChI is InChI=1S/C19H26N4O/c1-22(19-13-20-9-10-21-19)14-16-7-11-23(12-8-16)15-18(24)17-5-3-2-4-6-17/h2-6,9-10,13,16,18,24H,7-8,11-12,14-15H2,1H3/t18-/m0/s1. The maximum Gasteiger partial charge on any atom is 0.146 e. The minimum Gasteiger partial charge on any atom is -0.387 e. The molecule has 0 radical (unpaired) electrons. The number of rotatable bonds is 6. The first-order valence-corrected chi connectivity index (χ1v) is 8.65. The van der Waals surface area contributed by atoms with Crippen molar-refractivity contribution in [3.8, 4) is 0 Å². The maximum absolute atomic E-state index is 10.4. The smallest absolute Gasteiger partial charge is 0.146 e. The van der Waals surface area contributed by atoms with Crippen LogP contribution in [0.1, 0.15) is 24.5 Å². The Balaban J connectivity index is 1.44. The number of aromatic nitrogens is 2. The van der Waals surface area contributed by atoms with E-state index >= 15 is 0 Å². The molecule has 0 bridgehead atoms. The van der Waals surface area contributed by atoms with E-state index in [0.29, 0.717) is 5.92 Å². The normalized spacial score (nSPS) is 17.6. The Hall–Kier alpha value is -1.98. The zero-order valence-corrected chi connectivity index (χ0v) is 14.3. The lowest BCUT2D eigenvalue weighted by atomic mass is 9.95. The highest BCUT2D eigenvalue weighted by Crippen LogP contribution is 2.22. The molecule has 0 spiro atoms. The molecule has 3 rings (SSSR count). The van der Waals surface area contributed by atoms with E-state index in [1.807, 2.05) is 36.5 Å². The minimum atomic E-state index is -0.398. The van der Waals surface area contributed by atoms with Gasteiger partial charge < -0.3 is 14.9 Å². The second-order valence-corrected chi connectivity index (χ2v) is 6.61. The number of piperidine rings is 1. The summed E-state index contributed by atoms with van der Waals surface area (Å²) >= 11 is 0. The van der Waals surface area contributed by atoms with Crippen LogP contribution in [0.2, 0.25) is 0 Å². The molecule has 0 amide bonds. The highest BCUT2D eigenvalue weighted by atomic mass is 16.3. The molecule has 5 nitrogen and oxygen atoms in total. The number of nitrogens with zero attached hydrogens (tertiary/aromatic N) is 4. The number of hydrogen-bond acceptors (Lipinski definition) is 5. The van der Waals surface area contributed by atoms with Crippen LogP contribution in [0.15, 0.2) is 48.9 Å². The Kier molecular flexibility index (Phi) is 5.77. The number of likely N-dealkylation sites (tertiary alicyclic amines) is 1. The molecule has 128 valence electrons. The molecule has 2 heterocycles. The molecule has 5 heteroatoms. The first-order valence-electron chi connectivity index (χ1n) is 8.65. The fourth-order valence-corrected chi connectivity index (χ4v) is 3.35. The second kappa shape index (κ2) is 8.22. The van der Waals surface area contributed by atoms with E-state index in [0.717, 1.165) is 50.4 Å². The fourth-order valence-electron chi connectivity index (χ4n) is 3.35. The topological polar surface area (TPSA) is 52.5 Å². The minimum absolute atomic E-state index is 0.398. The van der Waals surface area contributed by atoms with E-state index in [4.69, 9.17) is 0 Å². The largest absolute Gasteiger partial charge is 0.387 e. The molecule has 2 aromatic rings. The van der Waals surface area contributed by atoms with Crippen molar-refractivity contribution in [1.82, 2.24) is 14.9 Å². The van der Waals surface area contributed by atoms with Crippen molar-refractivity contribution in [3.63, 3.8) is 0 Å². The molecule has 1 aromatic carbocycles. The molecular weight excluding hydrogens is 300 g/mol. The van der Waals surface area contributed by atoms with Crippen LogP contribution in [0, 0.1) is 5.92 Å². The Labute approximate surface area is 144 Å². The summed E-state index contributed by atoms with van der Waals surface area (Å²) in [5.41, 5.74) is 1.00. The van der Waals surface area contributed by atoms with E-state index in [2.05, 4.69) is 26.8 Å². The molecule has 1 aliphatic heterocycles. The molecule has 0 saturated carbocycles. The molecule has 1 N–H and O–H groups in total. The Bertz CT molecular complexity index is 544. The highest BCUT2D eigenvalue weighted by molar-refractivity contribution is 5.33. The average Bonchev–Trinajstić information content (AvgIpc) is 2.65. The van der Waals surface area contributed by atoms with Gasteiger partial charge in [0.2, 0.25) is 0 Å². The molecule has 1 atom stereocenters. The zero-order chi connectivity index (χ0) is 16.8. The van der Waals surface area contributed by atoms with Crippen LogP contribution < -0.4 is 4.90 Å². The Morgan fingerprint density at radius 2 is 1.96 bits per heavy atom. The monoisotopic (exact) mass is 326 g/mol. The first-order chi connectivity index (χ1) is 11.7. The van der Waals surface area contributed by atoms with Crippen LogP contribution in [0.5, 0.6) is 0 Å². The van der Waals surface area contributed by atoms with Crippen molar-refractivity contribution in [2.75, 3.05) is 38.1 Å². The predicted octanol–water partition coefficient (Wildman–Crippen LogP) is 2.36. The summed E-state index contributed by atoms with van der Waals surface area (Å²) in [6.45, 7) is 3.82. The molecule has 0 aliphatic carbocycles.